The number of ether oxygens (including phenoxy) is 1. The predicted octanol–water partition coefficient (Wildman–Crippen LogP) is 2.43. The van der Waals surface area contributed by atoms with Crippen LogP contribution in [0.1, 0.15) is 16.1 Å². The number of rotatable bonds is 1. The molecule has 0 spiro atoms. The third-order valence-corrected chi connectivity index (χ3v) is 3.55. The van der Waals surface area contributed by atoms with Crippen molar-refractivity contribution in [2.24, 2.45) is 7.05 Å². The molecule has 1 heterocycles. The van der Waals surface area contributed by atoms with E-state index in [4.69, 9.17) is 4.74 Å². The first-order chi connectivity index (χ1) is 7.56. The molecular weight excluding hydrogens is 272 g/mol. The van der Waals surface area contributed by atoms with Crippen LogP contribution in [-0.4, -0.2) is 22.9 Å². The van der Waals surface area contributed by atoms with E-state index in [0.717, 1.165) is 20.9 Å². The van der Waals surface area contributed by atoms with Gasteiger partial charge in [-0.3, -0.25) is 4.68 Å². The number of aromatic nitrogens is 2. The average Bonchev–Trinajstić information content (AvgIpc) is 2.61. The number of carbonyl (C=O) groups is 1. The van der Waals surface area contributed by atoms with Gasteiger partial charge in [0.25, 0.3) is 0 Å². The maximum absolute atomic E-state index is 11.6. The molecule has 0 saturated heterocycles. The highest BCUT2D eigenvalue weighted by atomic mass is 79.9. The zero-order valence-corrected chi connectivity index (χ0v) is 10.8. The molecule has 0 aliphatic rings. The summed E-state index contributed by atoms with van der Waals surface area (Å²) in [5, 5.41) is 4.97. The van der Waals surface area contributed by atoms with Gasteiger partial charge in [-0.2, -0.15) is 5.10 Å². The molecule has 0 unspecified atom stereocenters. The van der Waals surface area contributed by atoms with Crippen molar-refractivity contribution in [3.63, 3.8) is 0 Å². The molecule has 0 radical (unpaired) electrons. The van der Waals surface area contributed by atoms with Gasteiger partial charge in [0.15, 0.2) is 5.69 Å². The van der Waals surface area contributed by atoms with E-state index in [0.29, 0.717) is 5.69 Å². The van der Waals surface area contributed by atoms with Crippen molar-refractivity contribution >= 4 is 32.8 Å². The van der Waals surface area contributed by atoms with E-state index in [2.05, 4.69) is 21.0 Å². The SMILES string of the molecule is COC(=O)c1nn(C)c2ccc(C)c(Br)c12. The lowest BCUT2D eigenvalue weighted by atomic mass is 10.1. The summed E-state index contributed by atoms with van der Waals surface area (Å²) in [5.41, 5.74) is 2.30. The van der Waals surface area contributed by atoms with Gasteiger partial charge in [0.05, 0.1) is 12.6 Å². The Balaban J connectivity index is 2.85. The Kier molecular flexibility index (Phi) is 2.71. The normalized spacial score (nSPS) is 10.8. The van der Waals surface area contributed by atoms with Gasteiger partial charge in [0.2, 0.25) is 0 Å². The Morgan fingerprint density at radius 3 is 2.81 bits per heavy atom. The topological polar surface area (TPSA) is 44.1 Å². The van der Waals surface area contributed by atoms with E-state index in [1.54, 1.807) is 11.7 Å². The van der Waals surface area contributed by atoms with Crippen LogP contribution in [0.3, 0.4) is 0 Å². The third-order valence-electron chi connectivity index (χ3n) is 2.53. The Morgan fingerprint density at radius 1 is 1.50 bits per heavy atom. The molecule has 16 heavy (non-hydrogen) atoms. The molecule has 1 aromatic heterocycles. The molecule has 0 amide bonds. The smallest absolute Gasteiger partial charge is 0.359 e. The van der Waals surface area contributed by atoms with Crippen molar-refractivity contribution in [1.82, 2.24) is 9.78 Å². The second kappa shape index (κ2) is 3.90. The number of hydrogen-bond acceptors (Lipinski definition) is 3. The van der Waals surface area contributed by atoms with Crippen LogP contribution in [0, 0.1) is 6.92 Å². The minimum Gasteiger partial charge on any atom is -0.464 e. The van der Waals surface area contributed by atoms with Gasteiger partial charge in [-0.1, -0.05) is 6.07 Å². The third kappa shape index (κ3) is 1.51. The van der Waals surface area contributed by atoms with Gasteiger partial charge in [-0.25, -0.2) is 4.79 Å². The molecule has 0 saturated carbocycles. The molecule has 4 nitrogen and oxygen atoms in total. The lowest BCUT2D eigenvalue weighted by molar-refractivity contribution is 0.0595. The molecule has 0 fully saturated rings. The number of carbonyl (C=O) groups excluding carboxylic acids is 1. The highest BCUT2D eigenvalue weighted by Crippen LogP contribution is 2.30. The number of halogens is 1. The van der Waals surface area contributed by atoms with Crippen LogP contribution in [-0.2, 0) is 11.8 Å². The van der Waals surface area contributed by atoms with E-state index in [1.807, 2.05) is 19.1 Å². The second-order valence-corrected chi connectivity index (χ2v) is 4.35. The van der Waals surface area contributed by atoms with Crippen molar-refractivity contribution in [2.45, 2.75) is 6.92 Å². The lowest BCUT2D eigenvalue weighted by Crippen LogP contribution is -2.03. The summed E-state index contributed by atoms with van der Waals surface area (Å²) in [6, 6.07) is 3.92. The molecule has 84 valence electrons. The van der Waals surface area contributed by atoms with Crippen LogP contribution in [0.25, 0.3) is 10.9 Å². The van der Waals surface area contributed by atoms with Crippen molar-refractivity contribution < 1.29 is 9.53 Å². The Labute approximate surface area is 101 Å². The summed E-state index contributed by atoms with van der Waals surface area (Å²) in [4.78, 5) is 11.6. The number of nitrogens with zero attached hydrogens (tertiary/aromatic N) is 2. The highest BCUT2D eigenvalue weighted by Gasteiger charge is 2.19. The first-order valence-electron chi connectivity index (χ1n) is 4.76. The molecule has 2 aromatic rings. The standard InChI is InChI=1S/C11H11BrN2O2/c1-6-4-5-7-8(9(6)12)10(11(15)16-3)13-14(7)2/h4-5H,1-3H3. The monoisotopic (exact) mass is 282 g/mol. The highest BCUT2D eigenvalue weighted by molar-refractivity contribution is 9.10. The van der Waals surface area contributed by atoms with Gasteiger partial charge in [0, 0.05) is 16.9 Å². The summed E-state index contributed by atoms with van der Waals surface area (Å²) in [6.45, 7) is 1.97. The zero-order valence-electron chi connectivity index (χ0n) is 9.24. The fraction of sp³-hybridized carbons (Fsp3) is 0.273. The van der Waals surface area contributed by atoms with E-state index in [9.17, 15) is 4.79 Å². The number of esters is 1. The predicted molar refractivity (Wildman–Crippen MR) is 64.5 cm³/mol. The summed E-state index contributed by atoms with van der Waals surface area (Å²) >= 11 is 3.48. The van der Waals surface area contributed by atoms with Gasteiger partial charge in [-0.15, -0.1) is 0 Å². The van der Waals surface area contributed by atoms with Gasteiger partial charge < -0.3 is 4.74 Å². The summed E-state index contributed by atoms with van der Waals surface area (Å²) in [5.74, 6) is -0.420. The molecule has 0 bridgehead atoms. The van der Waals surface area contributed by atoms with Crippen LogP contribution in [0.4, 0.5) is 0 Å². The van der Waals surface area contributed by atoms with Crippen LogP contribution in [0.5, 0.6) is 0 Å². The molecule has 5 heteroatoms. The molecular formula is C11H11BrN2O2. The van der Waals surface area contributed by atoms with Crippen molar-refractivity contribution in [2.75, 3.05) is 7.11 Å². The lowest BCUT2D eigenvalue weighted by Gasteiger charge is -2.01. The van der Waals surface area contributed by atoms with Crippen LogP contribution in [0.2, 0.25) is 0 Å². The van der Waals surface area contributed by atoms with Crippen LogP contribution < -0.4 is 0 Å². The summed E-state index contributed by atoms with van der Waals surface area (Å²) in [7, 11) is 3.16. The van der Waals surface area contributed by atoms with Gasteiger partial charge >= 0.3 is 5.97 Å². The van der Waals surface area contributed by atoms with E-state index in [1.165, 1.54) is 7.11 Å². The molecule has 0 aliphatic carbocycles. The minimum absolute atomic E-state index is 0.343. The maximum atomic E-state index is 11.6. The molecule has 1 aromatic carbocycles. The van der Waals surface area contributed by atoms with E-state index >= 15 is 0 Å². The first-order valence-corrected chi connectivity index (χ1v) is 5.55. The molecule has 0 N–H and O–H groups in total. The molecule has 0 atom stereocenters. The quantitative estimate of drug-likeness (QED) is 0.755. The summed E-state index contributed by atoms with van der Waals surface area (Å²) < 4.78 is 7.28. The Hall–Kier alpha value is -1.36. The van der Waals surface area contributed by atoms with E-state index in [-0.39, 0.29) is 0 Å². The Bertz CT molecular complexity index is 575. The molecule has 0 aliphatic heterocycles. The van der Waals surface area contributed by atoms with Crippen molar-refractivity contribution in [3.05, 3.63) is 27.9 Å². The first kappa shape index (κ1) is 11.1. The zero-order chi connectivity index (χ0) is 11.9. The van der Waals surface area contributed by atoms with E-state index < -0.39 is 5.97 Å². The fourth-order valence-corrected chi connectivity index (χ4v) is 2.18. The maximum Gasteiger partial charge on any atom is 0.359 e. The number of methoxy groups -OCH3 is 1. The minimum atomic E-state index is -0.420. The van der Waals surface area contributed by atoms with Crippen molar-refractivity contribution in [1.29, 1.82) is 0 Å². The van der Waals surface area contributed by atoms with Gasteiger partial charge in [0.1, 0.15) is 0 Å². The van der Waals surface area contributed by atoms with Gasteiger partial charge in [-0.05, 0) is 34.5 Å². The Morgan fingerprint density at radius 2 is 2.19 bits per heavy atom. The van der Waals surface area contributed by atoms with Crippen molar-refractivity contribution in [3.8, 4) is 0 Å². The fourth-order valence-electron chi connectivity index (χ4n) is 1.66. The number of aryl methyl sites for hydroxylation is 2. The number of benzene rings is 1. The summed E-state index contributed by atoms with van der Waals surface area (Å²) in [6.07, 6.45) is 0. The van der Waals surface area contributed by atoms with Crippen LogP contribution >= 0.6 is 15.9 Å². The number of fused-ring (bicyclic) bond motifs is 1. The average molecular weight is 283 g/mol. The number of hydrogen-bond donors (Lipinski definition) is 0. The largest absolute Gasteiger partial charge is 0.464 e. The van der Waals surface area contributed by atoms with Crippen LogP contribution in [0.15, 0.2) is 16.6 Å². The second-order valence-electron chi connectivity index (χ2n) is 3.55. The molecule has 2 rings (SSSR count).